The van der Waals surface area contributed by atoms with Crippen LogP contribution in [-0.4, -0.2) is 9.91 Å². The minimum Gasteiger partial charge on any atom is -0.355 e. The number of nitro groups is 1. The summed E-state index contributed by atoms with van der Waals surface area (Å²) in [5.74, 6) is 0. The molecule has 6 heteroatoms. The highest BCUT2D eigenvalue weighted by Crippen LogP contribution is 2.30. The van der Waals surface area contributed by atoms with Gasteiger partial charge in [0, 0.05) is 40.1 Å². The van der Waals surface area contributed by atoms with Crippen molar-refractivity contribution in [1.82, 2.24) is 4.98 Å². The maximum Gasteiger partial charge on any atom is 0.269 e. The third-order valence-corrected chi connectivity index (χ3v) is 3.63. The van der Waals surface area contributed by atoms with Gasteiger partial charge in [-0.1, -0.05) is 11.6 Å². The number of aromatic nitrogens is 1. The van der Waals surface area contributed by atoms with E-state index in [0.717, 1.165) is 27.8 Å². The number of nitrogens with zero attached hydrogens (tertiary/aromatic N) is 2. The van der Waals surface area contributed by atoms with Crippen LogP contribution in [0.3, 0.4) is 0 Å². The lowest BCUT2D eigenvalue weighted by atomic mass is 10.1. The van der Waals surface area contributed by atoms with E-state index in [4.69, 9.17) is 11.6 Å². The normalized spacial score (nSPS) is 10.6. The maximum absolute atomic E-state index is 10.8. The van der Waals surface area contributed by atoms with Crippen LogP contribution in [0.15, 0.2) is 48.7 Å². The van der Waals surface area contributed by atoms with Crippen molar-refractivity contribution < 1.29 is 4.92 Å². The topological polar surface area (TPSA) is 68.1 Å². The molecule has 0 bridgehead atoms. The lowest BCUT2D eigenvalue weighted by Gasteiger charge is -2.12. The van der Waals surface area contributed by atoms with Crippen molar-refractivity contribution in [2.75, 3.05) is 5.32 Å². The molecule has 0 saturated heterocycles. The zero-order valence-corrected chi connectivity index (χ0v) is 12.5. The van der Waals surface area contributed by atoms with Gasteiger partial charge in [-0.15, -0.1) is 0 Å². The molecule has 0 aliphatic rings. The van der Waals surface area contributed by atoms with E-state index in [1.54, 1.807) is 24.4 Å². The summed E-state index contributed by atoms with van der Waals surface area (Å²) < 4.78 is 0. The molecule has 0 atom stereocenters. The molecule has 0 spiro atoms. The first-order valence-corrected chi connectivity index (χ1v) is 6.99. The summed E-state index contributed by atoms with van der Waals surface area (Å²) in [5, 5.41) is 15.6. The van der Waals surface area contributed by atoms with E-state index < -0.39 is 4.92 Å². The highest BCUT2D eigenvalue weighted by atomic mass is 35.5. The summed E-state index contributed by atoms with van der Waals surface area (Å²) in [5.41, 5.74) is 3.35. The number of non-ortho nitro benzene ring substituents is 1. The fourth-order valence-electron chi connectivity index (χ4n) is 2.27. The number of aryl methyl sites for hydroxylation is 1. The molecule has 0 saturated carbocycles. The molecule has 5 nitrogen and oxygen atoms in total. The van der Waals surface area contributed by atoms with Gasteiger partial charge in [-0.3, -0.25) is 15.1 Å². The van der Waals surface area contributed by atoms with Crippen molar-refractivity contribution in [2.45, 2.75) is 6.92 Å². The van der Waals surface area contributed by atoms with Gasteiger partial charge in [0.05, 0.1) is 10.4 Å². The number of anilines is 2. The number of nitro benzene ring substituents is 1. The van der Waals surface area contributed by atoms with Crippen LogP contribution in [0.25, 0.3) is 10.9 Å². The van der Waals surface area contributed by atoms with Crippen molar-refractivity contribution in [3.05, 3.63) is 69.4 Å². The molecule has 1 aromatic heterocycles. The number of hydrogen-bond donors (Lipinski definition) is 1. The fraction of sp³-hybridized carbons (Fsp3) is 0.0625. The molecular weight excluding hydrogens is 302 g/mol. The molecule has 3 aromatic rings. The fourth-order valence-corrected chi connectivity index (χ4v) is 2.45. The summed E-state index contributed by atoms with van der Waals surface area (Å²) in [4.78, 5) is 14.7. The second-order valence-corrected chi connectivity index (χ2v) is 5.34. The molecule has 0 amide bonds. The second-order valence-electron chi connectivity index (χ2n) is 4.90. The highest BCUT2D eigenvalue weighted by Gasteiger charge is 2.09. The van der Waals surface area contributed by atoms with Crippen LogP contribution < -0.4 is 5.32 Å². The summed E-state index contributed by atoms with van der Waals surface area (Å²) in [6.45, 7) is 1.83. The van der Waals surface area contributed by atoms with Crippen LogP contribution in [0, 0.1) is 17.0 Å². The lowest BCUT2D eigenvalue weighted by Crippen LogP contribution is -1.96. The highest BCUT2D eigenvalue weighted by molar-refractivity contribution is 6.31. The van der Waals surface area contributed by atoms with Gasteiger partial charge < -0.3 is 5.32 Å². The van der Waals surface area contributed by atoms with Crippen LogP contribution in [0.1, 0.15) is 5.56 Å². The predicted molar refractivity (Wildman–Crippen MR) is 87.9 cm³/mol. The van der Waals surface area contributed by atoms with E-state index in [1.165, 1.54) is 6.07 Å². The van der Waals surface area contributed by atoms with Crippen molar-refractivity contribution in [3.63, 3.8) is 0 Å². The van der Waals surface area contributed by atoms with Crippen LogP contribution >= 0.6 is 11.6 Å². The first-order chi connectivity index (χ1) is 10.5. The Morgan fingerprint density at radius 2 is 1.95 bits per heavy atom. The van der Waals surface area contributed by atoms with Gasteiger partial charge in [0.1, 0.15) is 0 Å². The van der Waals surface area contributed by atoms with E-state index in [2.05, 4.69) is 10.3 Å². The van der Waals surface area contributed by atoms with E-state index >= 15 is 0 Å². The van der Waals surface area contributed by atoms with Crippen molar-refractivity contribution >= 4 is 39.6 Å². The SMILES string of the molecule is Cc1cc([N+](=O)[O-])ccc1Nc1ccnc2ccc(Cl)cc12. The number of halogens is 1. The van der Waals surface area contributed by atoms with Crippen molar-refractivity contribution in [2.24, 2.45) is 0 Å². The van der Waals surface area contributed by atoms with Gasteiger partial charge in [-0.25, -0.2) is 0 Å². The third-order valence-electron chi connectivity index (χ3n) is 3.39. The van der Waals surface area contributed by atoms with Crippen molar-refractivity contribution in [3.8, 4) is 0 Å². The molecule has 0 aliphatic heterocycles. The average molecular weight is 314 g/mol. The molecule has 2 aromatic carbocycles. The first kappa shape index (κ1) is 14.3. The zero-order chi connectivity index (χ0) is 15.7. The van der Waals surface area contributed by atoms with Gasteiger partial charge in [0.25, 0.3) is 5.69 Å². The minimum absolute atomic E-state index is 0.0747. The molecule has 0 fully saturated rings. The van der Waals surface area contributed by atoms with Crippen LogP contribution in [0.2, 0.25) is 5.02 Å². The number of hydrogen-bond acceptors (Lipinski definition) is 4. The summed E-state index contributed by atoms with van der Waals surface area (Å²) in [6, 6.07) is 12.0. The van der Waals surface area contributed by atoms with E-state index in [9.17, 15) is 10.1 Å². The molecule has 1 heterocycles. The third kappa shape index (κ3) is 2.71. The van der Waals surface area contributed by atoms with Gasteiger partial charge in [0.2, 0.25) is 0 Å². The number of pyridine rings is 1. The van der Waals surface area contributed by atoms with Crippen LogP contribution in [0.5, 0.6) is 0 Å². The van der Waals surface area contributed by atoms with E-state index in [-0.39, 0.29) is 5.69 Å². The molecule has 0 aliphatic carbocycles. The average Bonchev–Trinajstić information content (AvgIpc) is 2.49. The smallest absolute Gasteiger partial charge is 0.269 e. The Kier molecular flexibility index (Phi) is 3.65. The van der Waals surface area contributed by atoms with Crippen LogP contribution in [-0.2, 0) is 0 Å². The van der Waals surface area contributed by atoms with Gasteiger partial charge in [-0.05, 0) is 42.8 Å². The quantitative estimate of drug-likeness (QED) is 0.554. The second kappa shape index (κ2) is 5.61. The lowest BCUT2D eigenvalue weighted by molar-refractivity contribution is -0.384. The van der Waals surface area contributed by atoms with E-state index in [0.29, 0.717) is 5.02 Å². The Balaban J connectivity index is 2.03. The minimum atomic E-state index is -0.404. The number of fused-ring (bicyclic) bond motifs is 1. The molecule has 1 N–H and O–H groups in total. The molecule has 110 valence electrons. The van der Waals surface area contributed by atoms with Crippen molar-refractivity contribution in [1.29, 1.82) is 0 Å². The standard InChI is InChI=1S/C16H12ClN3O2/c1-10-8-12(20(21)22)3-5-14(10)19-16-6-7-18-15-4-2-11(17)9-13(15)16/h2-9H,1H3,(H,18,19). The largest absolute Gasteiger partial charge is 0.355 e. The number of nitrogens with one attached hydrogen (secondary N) is 1. The van der Waals surface area contributed by atoms with E-state index in [1.807, 2.05) is 25.1 Å². The Labute approximate surface area is 131 Å². The Morgan fingerprint density at radius 1 is 1.14 bits per heavy atom. The molecule has 0 radical (unpaired) electrons. The monoisotopic (exact) mass is 313 g/mol. The number of benzene rings is 2. The van der Waals surface area contributed by atoms with Crippen LogP contribution in [0.4, 0.5) is 17.1 Å². The molecule has 22 heavy (non-hydrogen) atoms. The zero-order valence-electron chi connectivity index (χ0n) is 11.7. The summed E-state index contributed by atoms with van der Waals surface area (Å²) in [7, 11) is 0. The van der Waals surface area contributed by atoms with Gasteiger partial charge >= 0.3 is 0 Å². The number of rotatable bonds is 3. The van der Waals surface area contributed by atoms with Gasteiger partial charge in [0.15, 0.2) is 0 Å². The van der Waals surface area contributed by atoms with Gasteiger partial charge in [-0.2, -0.15) is 0 Å². The summed E-state index contributed by atoms with van der Waals surface area (Å²) >= 11 is 6.05. The molecule has 0 unspecified atom stereocenters. The molecule has 3 rings (SSSR count). The Morgan fingerprint density at radius 3 is 2.68 bits per heavy atom. The predicted octanol–water partition coefficient (Wildman–Crippen LogP) is 4.85. The Bertz CT molecular complexity index is 880. The summed E-state index contributed by atoms with van der Waals surface area (Å²) in [6.07, 6.45) is 1.71. The maximum atomic E-state index is 10.8. The first-order valence-electron chi connectivity index (χ1n) is 6.61. The Hall–Kier alpha value is -2.66. The molecular formula is C16H12ClN3O2.